The van der Waals surface area contributed by atoms with Crippen molar-refractivity contribution in [2.45, 2.75) is 12.5 Å². The lowest BCUT2D eigenvalue weighted by Gasteiger charge is -2.23. The van der Waals surface area contributed by atoms with Crippen LogP contribution >= 0.6 is 23.2 Å². The molecule has 1 aliphatic rings. The summed E-state index contributed by atoms with van der Waals surface area (Å²) in [5.74, 6) is 1.90. The molecule has 0 aliphatic carbocycles. The second kappa shape index (κ2) is 10.6. The number of anilines is 1. The van der Waals surface area contributed by atoms with Gasteiger partial charge in [-0.3, -0.25) is 0 Å². The molecule has 1 atom stereocenters. The van der Waals surface area contributed by atoms with E-state index in [4.69, 9.17) is 47.7 Å². The lowest BCUT2D eigenvalue weighted by atomic mass is 9.98. The van der Waals surface area contributed by atoms with E-state index < -0.39 is 0 Å². The van der Waals surface area contributed by atoms with Crippen LogP contribution < -0.4 is 14.5 Å². The molecule has 0 saturated carbocycles. The molecule has 1 aromatic heterocycles. The van der Waals surface area contributed by atoms with E-state index in [1.807, 2.05) is 96.0 Å². The average molecular weight is 555 g/mol. The summed E-state index contributed by atoms with van der Waals surface area (Å²) in [6, 6.07) is 29.1. The van der Waals surface area contributed by atoms with Crippen molar-refractivity contribution >= 4 is 45.8 Å². The Morgan fingerprint density at radius 3 is 2.23 bits per heavy atom. The summed E-state index contributed by atoms with van der Waals surface area (Å²) in [5, 5.41) is 9.27. The van der Waals surface area contributed by atoms with Crippen LogP contribution in [-0.2, 0) is 0 Å². The van der Waals surface area contributed by atoms with Crippen molar-refractivity contribution in [1.29, 1.82) is 0 Å². The molecule has 0 radical (unpaired) electrons. The first kappa shape index (κ1) is 25.2. The van der Waals surface area contributed by atoms with Crippen LogP contribution in [0.2, 0.25) is 10.0 Å². The van der Waals surface area contributed by atoms with E-state index in [0.717, 1.165) is 39.0 Å². The third kappa shape index (κ3) is 4.89. The molecule has 0 bridgehead atoms. The lowest BCUT2D eigenvalue weighted by Crippen LogP contribution is -2.21. The number of hydrogen-bond acceptors (Lipinski definition) is 6. The zero-order valence-corrected chi connectivity index (χ0v) is 22.8. The number of benzene rings is 4. The molecule has 0 fully saturated rings. The summed E-state index contributed by atoms with van der Waals surface area (Å²) in [5.41, 5.74) is 5.39. The van der Waals surface area contributed by atoms with Gasteiger partial charge in [-0.05, 0) is 48.0 Å². The molecule has 6 rings (SSSR count). The molecule has 5 aromatic rings. The van der Waals surface area contributed by atoms with Crippen LogP contribution in [0.3, 0.4) is 0 Å². The number of ether oxygens (including phenoxy) is 2. The van der Waals surface area contributed by atoms with Gasteiger partial charge in [0, 0.05) is 39.0 Å². The molecule has 0 N–H and O–H groups in total. The van der Waals surface area contributed by atoms with Gasteiger partial charge in [0.25, 0.3) is 0 Å². The summed E-state index contributed by atoms with van der Waals surface area (Å²) in [6.45, 7) is 0. The first-order valence-electron chi connectivity index (χ1n) is 12.4. The fourth-order valence-electron chi connectivity index (χ4n) is 4.83. The summed E-state index contributed by atoms with van der Waals surface area (Å²) < 4.78 is 11.1. The van der Waals surface area contributed by atoms with Gasteiger partial charge >= 0.3 is 0 Å². The van der Waals surface area contributed by atoms with Crippen LogP contribution in [0.1, 0.15) is 23.6 Å². The van der Waals surface area contributed by atoms with Gasteiger partial charge in [-0.15, -0.1) is 0 Å². The standard InChI is InChI=1S/C31H24Cl2N4O2/c1-38-23-15-16-24(29(17-23)39-2)27-18-28(19-7-11-21(32)12-8-19)37(36-27)31-34-26-6-4-3-5-25(26)30(35-31)20-9-13-22(33)14-10-20/h3-17,28H,18H2,1-2H3/t28-/m0/s1. The predicted octanol–water partition coefficient (Wildman–Crippen LogP) is 7.98. The van der Waals surface area contributed by atoms with E-state index in [9.17, 15) is 0 Å². The molecule has 8 heteroatoms. The second-order valence-electron chi connectivity index (χ2n) is 9.13. The molecule has 39 heavy (non-hydrogen) atoms. The van der Waals surface area contributed by atoms with Crippen LogP contribution in [0.5, 0.6) is 11.5 Å². The summed E-state index contributed by atoms with van der Waals surface area (Å²) in [7, 11) is 3.28. The third-order valence-electron chi connectivity index (χ3n) is 6.80. The minimum Gasteiger partial charge on any atom is -0.497 e. The topological polar surface area (TPSA) is 59.8 Å². The van der Waals surface area contributed by atoms with Crippen molar-refractivity contribution < 1.29 is 9.47 Å². The summed E-state index contributed by atoms with van der Waals surface area (Å²) in [6.07, 6.45) is 0.622. The van der Waals surface area contributed by atoms with Gasteiger partial charge in [0.15, 0.2) is 0 Å². The van der Waals surface area contributed by atoms with Gasteiger partial charge in [-0.1, -0.05) is 65.7 Å². The number of hydrazone groups is 1. The highest BCUT2D eigenvalue weighted by Gasteiger charge is 2.33. The maximum atomic E-state index is 6.22. The third-order valence-corrected chi connectivity index (χ3v) is 7.30. The monoisotopic (exact) mass is 554 g/mol. The number of halogens is 2. The van der Waals surface area contributed by atoms with Gasteiger partial charge in [-0.2, -0.15) is 5.10 Å². The SMILES string of the molecule is COc1ccc(C2=NN(c3nc(-c4ccc(Cl)cc4)c4ccccc4n3)[C@H](c3ccc(Cl)cc3)C2)c(OC)c1. The zero-order valence-electron chi connectivity index (χ0n) is 21.3. The molecule has 194 valence electrons. The number of para-hydroxylation sites is 1. The number of rotatable bonds is 6. The molecule has 6 nitrogen and oxygen atoms in total. The summed E-state index contributed by atoms with van der Waals surface area (Å²) in [4.78, 5) is 10.0. The Labute approximate surface area is 236 Å². The first-order valence-corrected chi connectivity index (χ1v) is 13.2. The lowest BCUT2D eigenvalue weighted by molar-refractivity contribution is 0.394. The van der Waals surface area contributed by atoms with Crippen LogP contribution in [-0.4, -0.2) is 29.9 Å². The molecule has 0 unspecified atom stereocenters. The Hall–Kier alpha value is -4.13. The number of aromatic nitrogens is 2. The van der Waals surface area contributed by atoms with Crippen LogP contribution in [0.15, 0.2) is 96.1 Å². The molecule has 1 aliphatic heterocycles. The maximum Gasteiger partial charge on any atom is 0.247 e. The van der Waals surface area contributed by atoms with Gasteiger partial charge in [-0.25, -0.2) is 15.0 Å². The van der Waals surface area contributed by atoms with Crippen LogP contribution in [0, 0.1) is 0 Å². The maximum absolute atomic E-state index is 6.22. The first-order chi connectivity index (χ1) is 19.0. The van der Waals surface area contributed by atoms with Crippen molar-refractivity contribution in [3.8, 4) is 22.8 Å². The summed E-state index contributed by atoms with van der Waals surface area (Å²) >= 11 is 12.4. The van der Waals surface area contributed by atoms with Crippen molar-refractivity contribution in [1.82, 2.24) is 9.97 Å². The van der Waals surface area contributed by atoms with E-state index in [-0.39, 0.29) is 6.04 Å². The average Bonchev–Trinajstić information content (AvgIpc) is 3.42. The van der Waals surface area contributed by atoms with Gasteiger partial charge in [0.2, 0.25) is 5.95 Å². The molecule has 0 saturated heterocycles. The number of methoxy groups -OCH3 is 2. The van der Waals surface area contributed by atoms with E-state index >= 15 is 0 Å². The predicted molar refractivity (Wildman–Crippen MR) is 157 cm³/mol. The zero-order chi connectivity index (χ0) is 26.9. The van der Waals surface area contributed by atoms with Crippen molar-refractivity contribution in [3.63, 3.8) is 0 Å². The molecular weight excluding hydrogens is 531 g/mol. The highest BCUT2D eigenvalue weighted by molar-refractivity contribution is 6.30. The van der Waals surface area contributed by atoms with E-state index in [1.165, 1.54) is 0 Å². The smallest absolute Gasteiger partial charge is 0.247 e. The van der Waals surface area contributed by atoms with Crippen molar-refractivity contribution in [2.24, 2.45) is 5.10 Å². The van der Waals surface area contributed by atoms with Gasteiger partial charge in [0.1, 0.15) is 11.5 Å². The Balaban J connectivity index is 1.52. The largest absolute Gasteiger partial charge is 0.497 e. The fourth-order valence-corrected chi connectivity index (χ4v) is 5.09. The fraction of sp³-hybridized carbons (Fsp3) is 0.129. The normalized spacial score (nSPS) is 14.9. The van der Waals surface area contributed by atoms with Crippen molar-refractivity contribution in [2.75, 3.05) is 19.2 Å². The molecule has 0 amide bonds. The Bertz CT molecular complexity index is 1690. The second-order valence-corrected chi connectivity index (χ2v) is 10.00. The highest BCUT2D eigenvalue weighted by Crippen LogP contribution is 2.39. The number of hydrogen-bond donors (Lipinski definition) is 0. The van der Waals surface area contributed by atoms with Gasteiger partial charge < -0.3 is 9.47 Å². The van der Waals surface area contributed by atoms with Crippen LogP contribution in [0.25, 0.3) is 22.2 Å². The minimum atomic E-state index is -0.150. The quantitative estimate of drug-likeness (QED) is 0.213. The Kier molecular flexibility index (Phi) is 6.81. The minimum absolute atomic E-state index is 0.150. The number of fused-ring (bicyclic) bond motifs is 1. The highest BCUT2D eigenvalue weighted by atomic mass is 35.5. The Morgan fingerprint density at radius 1 is 0.795 bits per heavy atom. The number of nitrogens with zero attached hydrogens (tertiary/aromatic N) is 4. The van der Waals surface area contributed by atoms with E-state index in [1.54, 1.807) is 14.2 Å². The molecule has 0 spiro atoms. The Morgan fingerprint density at radius 2 is 1.51 bits per heavy atom. The van der Waals surface area contributed by atoms with Crippen molar-refractivity contribution in [3.05, 3.63) is 112 Å². The van der Waals surface area contributed by atoms with E-state index in [0.29, 0.717) is 33.9 Å². The molecule has 2 heterocycles. The van der Waals surface area contributed by atoms with Crippen LogP contribution in [0.4, 0.5) is 5.95 Å². The molecular formula is C31H24Cl2N4O2. The van der Waals surface area contributed by atoms with E-state index in [2.05, 4.69) is 0 Å². The molecule has 4 aromatic carbocycles. The van der Waals surface area contributed by atoms with Gasteiger partial charge in [0.05, 0.1) is 37.2 Å².